The summed E-state index contributed by atoms with van der Waals surface area (Å²) in [6.45, 7) is 0.00341. The molecule has 116 valence electrons. The number of ether oxygens (including phenoxy) is 2. The van der Waals surface area contributed by atoms with Crippen LogP contribution in [-0.4, -0.2) is 17.6 Å². The number of rotatable bonds is 5. The Morgan fingerprint density at radius 1 is 1.04 bits per heavy atom. The van der Waals surface area contributed by atoms with Crippen molar-refractivity contribution in [3.05, 3.63) is 71.5 Å². The molecule has 0 amide bonds. The van der Waals surface area contributed by atoms with Crippen molar-refractivity contribution in [1.82, 2.24) is 4.98 Å². The molecule has 0 bridgehead atoms. The largest absolute Gasteiger partial charge is 0.482 e. The topological polar surface area (TPSA) is 48.4 Å². The molecule has 0 N–H and O–H groups in total. The monoisotopic (exact) mass is 327 g/mol. The fourth-order valence-electron chi connectivity index (χ4n) is 2.10. The van der Waals surface area contributed by atoms with E-state index in [2.05, 4.69) is 4.98 Å². The lowest BCUT2D eigenvalue weighted by atomic mass is 10.1. The molecular formula is C18H14ClNO3. The Kier molecular flexibility index (Phi) is 4.74. The van der Waals surface area contributed by atoms with Crippen LogP contribution in [-0.2, 0) is 16.1 Å². The maximum Gasteiger partial charge on any atom is 0.344 e. The van der Waals surface area contributed by atoms with Crippen LogP contribution < -0.4 is 4.74 Å². The van der Waals surface area contributed by atoms with Crippen LogP contribution in [0.2, 0.25) is 5.15 Å². The van der Waals surface area contributed by atoms with E-state index >= 15 is 0 Å². The minimum absolute atomic E-state index is 0.140. The highest BCUT2D eigenvalue weighted by atomic mass is 35.5. The zero-order chi connectivity index (χ0) is 16.1. The second-order valence-corrected chi connectivity index (χ2v) is 5.33. The summed E-state index contributed by atoms with van der Waals surface area (Å²) in [6.07, 6.45) is 1.57. The summed E-state index contributed by atoms with van der Waals surface area (Å²) in [7, 11) is 0. The predicted octanol–water partition coefficient (Wildman–Crippen LogP) is 4.01. The number of fused-ring (bicyclic) bond motifs is 1. The molecule has 0 radical (unpaired) electrons. The summed E-state index contributed by atoms with van der Waals surface area (Å²) in [5.74, 6) is 0.196. The van der Waals surface area contributed by atoms with Gasteiger partial charge in [-0.25, -0.2) is 9.78 Å². The zero-order valence-corrected chi connectivity index (χ0v) is 13.0. The first-order chi connectivity index (χ1) is 11.2. The fraction of sp³-hybridized carbons (Fsp3) is 0.111. The third kappa shape index (κ3) is 4.20. The summed E-state index contributed by atoms with van der Waals surface area (Å²) in [5, 5.41) is 2.59. The molecule has 23 heavy (non-hydrogen) atoms. The third-order valence-electron chi connectivity index (χ3n) is 3.27. The Bertz CT molecular complexity index is 818. The highest BCUT2D eigenvalue weighted by molar-refractivity contribution is 6.29. The molecule has 0 aliphatic heterocycles. The van der Waals surface area contributed by atoms with Gasteiger partial charge in [-0.15, -0.1) is 0 Å². The van der Waals surface area contributed by atoms with Gasteiger partial charge < -0.3 is 9.47 Å². The summed E-state index contributed by atoms with van der Waals surface area (Å²) < 4.78 is 10.6. The van der Waals surface area contributed by atoms with Crippen LogP contribution in [0.25, 0.3) is 10.8 Å². The molecule has 2 aromatic carbocycles. The number of nitrogens with zero attached hydrogens (tertiary/aromatic N) is 1. The highest BCUT2D eigenvalue weighted by Gasteiger charge is 2.06. The van der Waals surface area contributed by atoms with Gasteiger partial charge in [-0.1, -0.05) is 48.0 Å². The van der Waals surface area contributed by atoms with Crippen molar-refractivity contribution in [3.8, 4) is 5.75 Å². The van der Waals surface area contributed by atoms with E-state index in [4.69, 9.17) is 21.1 Å². The van der Waals surface area contributed by atoms with E-state index in [0.29, 0.717) is 10.9 Å². The van der Waals surface area contributed by atoms with Gasteiger partial charge in [0.1, 0.15) is 17.5 Å². The fourth-order valence-corrected chi connectivity index (χ4v) is 2.21. The van der Waals surface area contributed by atoms with Crippen LogP contribution in [0, 0.1) is 0 Å². The SMILES string of the molecule is O=C(COc1ccc2ccccc2c1)OCc1ccc(Cl)nc1. The Morgan fingerprint density at radius 2 is 1.87 bits per heavy atom. The molecule has 1 heterocycles. The zero-order valence-electron chi connectivity index (χ0n) is 12.2. The van der Waals surface area contributed by atoms with Gasteiger partial charge in [-0.2, -0.15) is 0 Å². The van der Waals surface area contributed by atoms with Crippen molar-refractivity contribution in [2.45, 2.75) is 6.61 Å². The molecule has 1 aromatic heterocycles. The number of halogens is 1. The van der Waals surface area contributed by atoms with Crippen LogP contribution in [0.4, 0.5) is 0 Å². The van der Waals surface area contributed by atoms with Crippen LogP contribution in [0.5, 0.6) is 5.75 Å². The van der Waals surface area contributed by atoms with Crippen molar-refractivity contribution in [3.63, 3.8) is 0 Å². The van der Waals surface area contributed by atoms with Crippen molar-refractivity contribution in [2.75, 3.05) is 6.61 Å². The minimum Gasteiger partial charge on any atom is -0.482 e. The smallest absolute Gasteiger partial charge is 0.344 e. The van der Waals surface area contributed by atoms with Gasteiger partial charge in [0, 0.05) is 11.8 Å². The van der Waals surface area contributed by atoms with E-state index in [1.54, 1.807) is 18.3 Å². The lowest BCUT2D eigenvalue weighted by Crippen LogP contribution is -2.14. The first kappa shape index (κ1) is 15.3. The number of hydrogen-bond acceptors (Lipinski definition) is 4. The molecule has 0 unspecified atom stereocenters. The maximum absolute atomic E-state index is 11.7. The molecule has 0 saturated heterocycles. The third-order valence-corrected chi connectivity index (χ3v) is 3.49. The van der Waals surface area contributed by atoms with Gasteiger partial charge in [0.05, 0.1) is 0 Å². The second kappa shape index (κ2) is 7.11. The summed E-state index contributed by atoms with van der Waals surface area (Å²) in [6, 6.07) is 17.0. The maximum atomic E-state index is 11.7. The standard InChI is InChI=1S/C18H14ClNO3/c19-17-8-5-13(10-20-17)11-23-18(21)12-22-16-7-6-14-3-1-2-4-15(14)9-16/h1-10H,11-12H2. The lowest BCUT2D eigenvalue weighted by molar-refractivity contribution is -0.147. The van der Waals surface area contributed by atoms with E-state index < -0.39 is 5.97 Å². The Morgan fingerprint density at radius 3 is 2.65 bits per heavy atom. The molecule has 4 nitrogen and oxygen atoms in total. The summed E-state index contributed by atoms with van der Waals surface area (Å²) in [5.41, 5.74) is 0.772. The Hall–Kier alpha value is -2.59. The van der Waals surface area contributed by atoms with Gasteiger partial charge in [-0.3, -0.25) is 0 Å². The van der Waals surface area contributed by atoms with Gasteiger partial charge in [0.2, 0.25) is 0 Å². The molecular weight excluding hydrogens is 314 g/mol. The molecule has 5 heteroatoms. The van der Waals surface area contributed by atoms with E-state index in [-0.39, 0.29) is 13.2 Å². The summed E-state index contributed by atoms with van der Waals surface area (Å²) in [4.78, 5) is 15.6. The molecule has 0 aliphatic rings. The highest BCUT2D eigenvalue weighted by Crippen LogP contribution is 2.20. The van der Waals surface area contributed by atoms with Crippen LogP contribution in [0.15, 0.2) is 60.8 Å². The minimum atomic E-state index is -0.437. The van der Waals surface area contributed by atoms with Gasteiger partial charge in [0.25, 0.3) is 0 Å². The molecule has 0 atom stereocenters. The molecule has 3 rings (SSSR count). The molecule has 0 aliphatic carbocycles. The average Bonchev–Trinajstić information content (AvgIpc) is 2.59. The van der Waals surface area contributed by atoms with Gasteiger partial charge >= 0.3 is 5.97 Å². The molecule has 0 spiro atoms. The summed E-state index contributed by atoms with van der Waals surface area (Å²) >= 11 is 5.69. The van der Waals surface area contributed by atoms with Crippen LogP contribution in [0.3, 0.4) is 0 Å². The normalized spacial score (nSPS) is 10.5. The number of pyridine rings is 1. The van der Waals surface area contributed by atoms with Crippen molar-refractivity contribution >= 4 is 28.3 Å². The predicted molar refractivity (Wildman–Crippen MR) is 88.5 cm³/mol. The van der Waals surface area contributed by atoms with Crippen molar-refractivity contribution in [2.24, 2.45) is 0 Å². The van der Waals surface area contributed by atoms with E-state index in [1.165, 1.54) is 0 Å². The van der Waals surface area contributed by atoms with E-state index in [9.17, 15) is 4.79 Å². The number of aromatic nitrogens is 1. The molecule has 0 fully saturated rings. The Balaban J connectivity index is 1.52. The van der Waals surface area contributed by atoms with Crippen LogP contribution in [0.1, 0.15) is 5.56 Å². The van der Waals surface area contributed by atoms with E-state index in [1.807, 2.05) is 42.5 Å². The van der Waals surface area contributed by atoms with Crippen LogP contribution >= 0.6 is 11.6 Å². The number of esters is 1. The number of benzene rings is 2. The van der Waals surface area contributed by atoms with Gasteiger partial charge in [-0.05, 0) is 29.0 Å². The van der Waals surface area contributed by atoms with E-state index in [0.717, 1.165) is 16.3 Å². The first-order valence-corrected chi connectivity index (χ1v) is 7.46. The molecule has 0 saturated carbocycles. The van der Waals surface area contributed by atoms with Crippen molar-refractivity contribution in [1.29, 1.82) is 0 Å². The first-order valence-electron chi connectivity index (χ1n) is 7.08. The quantitative estimate of drug-likeness (QED) is 0.525. The number of hydrogen-bond donors (Lipinski definition) is 0. The number of carbonyl (C=O) groups excluding carboxylic acids is 1. The molecule has 3 aromatic rings. The van der Waals surface area contributed by atoms with Gasteiger partial charge in [0.15, 0.2) is 6.61 Å². The lowest BCUT2D eigenvalue weighted by Gasteiger charge is -2.08. The Labute approximate surface area is 138 Å². The second-order valence-electron chi connectivity index (χ2n) is 4.95. The number of carbonyl (C=O) groups is 1. The van der Waals surface area contributed by atoms with Crippen molar-refractivity contribution < 1.29 is 14.3 Å². The average molecular weight is 328 g/mol.